The van der Waals surface area contributed by atoms with E-state index in [2.05, 4.69) is 11.8 Å². The van der Waals surface area contributed by atoms with Crippen LogP contribution >= 0.6 is 0 Å². The predicted molar refractivity (Wildman–Crippen MR) is 60.9 cm³/mol. The van der Waals surface area contributed by atoms with E-state index in [4.69, 9.17) is 5.11 Å². The van der Waals surface area contributed by atoms with Crippen LogP contribution in [0, 0.1) is 11.3 Å². The molecule has 0 saturated carbocycles. The lowest BCUT2D eigenvalue weighted by atomic mass is 9.87. The number of carboxylic acids is 1. The minimum atomic E-state index is -0.689. The molecule has 0 aromatic carbocycles. The first-order valence-corrected chi connectivity index (χ1v) is 5.83. The van der Waals surface area contributed by atoms with Crippen molar-refractivity contribution >= 4 is 5.97 Å². The van der Waals surface area contributed by atoms with Gasteiger partial charge in [0.05, 0.1) is 6.42 Å². The first-order valence-electron chi connectivity index (χ1n) is 5.83. The van der Waals surface area contributed by atoms with Gasteiger partial charge in [-0.25, -0.2) is 0 Å². The van der Waals surface area contributed by atoms with E-state index in [1.54, 1.807) is 0 Å². The Bertz CT molecular complexity index is 218. The molecule has 0 amide bonds. The molecule has 0 bridgehead atoms. The lowest BCUT2D eigenvalue weighted by Gasteiger charge is -2.36. The summed E-state index contributed by atoms with van der Waals surface area (Å²) in [5.74, 6) is 0.147. The van der Waals surface area contributed by atoms with Crippen molar-refractivity contribution < 1.29 is 9.90 Å². The summed E-state index contributed by atoms with van der Waals surface area (Å²) < 4.78 is 0. The summed E-state index contributed by atoms with van der Waals surface area (Å²) in [6.07, 6.45) is 2.77. The fourth-order valence-electron chi connectivity index (χ4n) is 2.29. The third kappa shape index (κ3) is 4.65. The Labute approximate surface area is 92.5 Å². The summed E-state index contributed by atoms with van der Waals surface area (Å²) in [5.41, 5.74) is -0.105. The molecule has 0 aromatic rings. The first kappa shape index (κ1) is 12.5. The van der Waals surface area contributed by atoms with Crippen LogP contribution in [0.2, 0.25) is 0 Å². The summed E-state index contributed by atoms with van der Waals surface area (Å²) >= 11 is 0. The SMILES string of the molecule is CC1CCN(CC(C)(C)CC(=O)O)CC1. The molecule has 0 atom stereocenters. The standard InChI is InChI=1S/C12H23NO2/c1-10-4-6-13(7-5-10)9-12(2,3)8-11(14)15/h10H,4-9H2,1-3H3,(H,14,15). The van der Waals surface area contributed by atoms with Crippen molar-refractivity contribution in [3.05, 3.63) is 0 Å². The van der Waals surface area contributed by atoms with Gasteiger partial charge in [-0.3, -0.25) is 4.79 Å². The van der Waals surface area contributed by atoms with Crippen LogP contribution in [0.3, 0.4) is 0 Å². The minimum Gasteiger partial charge on any atom is -0.481 e. The van der Waals surface area contributed by atoms with Crippen molar-refractivity contribution in [3.8, 4) is 0 Å². The molecular weight excluding hydrogens is 190 g/mol. The van der Waals surface area contributed by atoms with E-state index in [0.717, 1.165) is 25.6 Å². The number of carbonyl (C=O) groups is 1. The maximum Gasteiger partial charge on any atom is 0.303 e. The van der Waals surface area contributed by atoms with Gasteiger partial charge in [0.2, 0.25) is 0 Å². The lowest BCUT2D eigenvalue weighted by molar-refractivity contribution is -0.139. The fourth-order valence-corrected chi connectivity index (χ4v) is 2.29. The Morgan fingerprint density at radius 2 is 1.93 bits per heavy atom. The highest BCUT2D eigenvalue weighted by molar-refractivity contribution is 5.67. The topological polar surface area (TPSA) is 40.5 Å². The summed E-state index contributed by atoms with van der Waals surface area (Å²) in [6, 6.07) is 0. The molecule has 3 nitrogen and oxygen atoms in total. The molecule has 0 unspecified atom stereocenters. The van der Waals surface area contributed by atoms with Gasteiger partial charge in [0.25, 0.3) is 0 Å². The Hall–Kier alpha value is -0.570. The highest BCUT2D eigenvalue weighted by atomic mass is 16.4. The number of nitrogens with zero attached hydrogens (tertiary/aromatic N) is 1. The van der Waals surface area contributed by atoms with Crippen LogP contribution in [0.25, 0.3) is 0 Å². The molecule has 0 aliphatic carbocycles. The van der Waals surface area contributed by atoms with Gasteiger partial charge < -0.3 is 10.0 Å². The van der Waals surface area contributed by atoms with Crippen molar-refractivity contribution in [3.63, 3.8) is 0 Å². The van der Waals surface area contributed by atoms with E-state index in [1.165, 1.54) is 12.8 Å². The van der Waals surface area contributed by atoms with Crippen molar-refractivity contribution in [2.75, 3.05) is 19.6 Å². The molecule has 88 valence electrons. The van der Waals surface area contributed by atoms with Gasteiger partial charge in [0.1, 0.15) is 0 Å². The van der Waals surface area contributed by atoms with E-state index in [0.29, 0.717) is 0 Å². The average Bonchev–Trinajstić information content (AvgIpc) is 2.06. The number of hydrogen-bond acceptors (Lipinski definition) is 2. The van der Waals surface area contributed by atoms with Crippen molar-refractivity contribution in [2.24, 2.45) is 11.3 Å². The van der Waals surface area contributed by atoms with Gasteiger partial charge in [-0.15, -0.1) is 0 Å². The molecule has 0 spiro atoms. The normalized spacial score (nSPS) is 20.5. The Morgan fingerprint density at radius 3 is 2.40 bits per heavy atom. The Kier molecular flexibility index (Phi) is 4.14. The average molecular weight is 213 g/mol. The number of aliphatic carboxylic acids is 1. The number of carboxylic acid groups (broad SMARTS) is 1. The maximum atomic E-state index is 10.7. The maximum absolute atomic E-state index is 10.7. The quantitative estimate of drug-likeness (QED) is 0.778. The molecule has 3 heteroatoms. The highest BCUT2D eigenvalue weighted by Gasteiger charge is 2.26. The number of piperidine rings is 1. The molecule has 15 heavy (non-hydrogen) atoms. The lowest BCUT2D eigenvalue weighted by Crippen LogP contribution is -2.40. The van der Waals surface area contributed by atoms with Gasteiger partial charge in [-0.1, -0.05) is 20.8 Å². The molecule has 0 aromatic heterocycles. The summed E-state index contributed by atoms with van der Waals surface area (Å²) in [5, 5.41) is 8.80. The molecule has 1 heterocycles. The first-order chi connectivity index (χ1) is 6.89. The smallest absolute Gasteiger partial charge is 0.303 e. The molecular formula is C12H23NO2. The van der Waals surface area contributed by atoms with Gasteiger partial charge >= 0.3 is 5.97 Å². The Balaban J connectivity index is 2.36. The third-order valence-electron chi connectivity index (χ3n) is 3.16. The van der Waals surface area contributed by atoms with E-state index in [1.807, 2.05) is 13.8 Å². The van der Waals surface area contributed by atoms with E-state index in [-0.39, 0.29) is 11.8 Å². The monoisotopic (exact) mass is 213 g/mol. The third-order valence-corrected chi connectivity index (χ3v) is 3.16. The van der Waals surface area contributed by atoms with E-state index in [9.17, 15) is 4.79 Å². The Morgan fingerprint density at radius 1 is 1.40 bits per heavy atom. The minimum absolute atomic E-state index is 0.105. The molecule has 0 radical (unpaired) electrons. The summed E-state index contributed by atoms with van der Waals surface area (Å²) in [4.78, 5) is 13.1. The predicted octanol–water partition coefficient (Wildman–Crippen LogP) is 2.22. The van der Waals surface area contributed by atoms with Gasteiger partial charge in [0, 0.05) is 6.54 Å². The van der Waals surface area contributed by atoms with Crippen LogP contribution in [-0.4, -0.2) is 35.6 Å². The molecule has 1 aliphatic rings. The second-order valence-electron chi connectivity index (χ2n) is 5.69. The van der Waals surface area contributed by atoms with Crippen LogP contribution in [0.15, 0.2) is 0 Å². The largest absolute Gasteiger partial charge is 0.481 e. The van der Waals surface area contributed by atoms with Crippen LogP contribution in [0.4, 0.5) is 0 Å². The molecule has 1 fully saturated rings. The van der Waals surface area contributed by atoms with Crippen LogP contribution in [0.5, 0.6) is 0 Å². The number of likely N-dealkylation sites (tertiary alicyclic amines) is 1. The van der Waals surface area contributed by atoms with Crippen molar-refractivity contribution in [1.82, 2.24) is 4.90 Å². The van der Waals surface area contributed by atoms with Crippen LogP contribution in [-0.2, 0) is 4.79 Å². The van der Waals surface area contributed by atoms with Gasteiger partial charge in [-0.2, -0.15) is 0 Å². The number of hydrogen-bond donors (Lipinski definition) is 1. The van der Waals surface area contributed by atoms with Crippen LogP contribution in [0.1, 0.15) is 40.0 Å². The van der Waals surface area contributed by atoms with E-state index < -0.39 is 5.97 Å². The highest BCUT2D eigenvalue weighted by Crippen LogP contribution is 2.25. The molecule has 1 saturated heterocycles. The zero-order valence-electron chi connectivity index (χ0n) is 10.1. The van der Waals surface area contributed by atoms with Crippen molar-refractivity contribution in [2.45, 2.75) is 40.0 Å². The zero-order chi connectivity index (χ0) is 11.5. The second kappa shape index (κ2) is 4.97. The van der Waals surface area contributed by atoms with Gasteiger partial charge in [-0.05, 0) is 37.3 Å². The molecule has 1 rings (SSSR count). The van der Waals surface area contributed by atoms with Crippen LogP contribution < -0.4 is 0 Å². The van der Waals surface area contributed by atoms with Gasteiger partial charge in [0.15, 0.2) is 0 Å². The molecule has 1 aliphatic heterocycles. The van der Waals surface area contributed by atoms with Crippen molar-refractivity contribution in [1.29, 1.82) is 0 Å². The molecule has 1 N–H and O–H groups in total. The fraction of sp³-hybridized carbons (Fsp3) is 0.917. The number of rotatable bonds is 4. The summed E-state index contributed by atoms with van der Waals surface area (Å²) in [7, 11) is 0. The van der Waals surface area contributed by atoms with E-state index >= 15 is 0 Å². The summed E-state index contributed by atoms with van der Waals surface area (Å²) in [6.45, 7) is 9.54. The second-order valence-corrected chi connectivity index (χ2v) is 5.69. The zero-order valence-corrected chi connectivity index (χ0v) is 10.1.